The minimum Gasteiger partial charge on any atom is -0.497 e. The molecule has 0 heterocycles. The first-order valence-electron chi connectivity index (χ1n) is 37.1. The van der Waals surface area contributed by atoms with Crippen LogP contribution in [0, 0.1) is 5.41 Å². The van der Waals surface area contributed by atoms with E-state index in [0.29, 0.717) is 23.0 Å². The van der Waals surface area contributed by atoms with Crippen molar-refractivity contribution in [3.8, 4) is 69.0 Å². The van der Waals surface area contributed by atoms with Crippen LogP contribution in [0.1, 0.15) is 89.0 Å². The van der Waals surface area contributed by atoms with E-state index in [1.165, 1.54) is 0 Å². The molecule has 0 aromatic heterocycles. The Morgan fingerprint density at radius 3 is 0.381 bits per heavy atom. The Kier molecular flexibility index (Phi) is 27.9. The summed E-state index contributed by atoms with van der Waals surface area (Å²) >= 11 is 0. The first-order valence-corrected chi connectivity index (χ1v) is 37.1. The topological polar surface area (TPSA) is 111 Å². The molecule has 0 radical (unpaired) electrons. The van der Waals surface area contributed by atoms with Crippen LogP contribution in [0.5, 0.6) is 69.0 Å². The first kappa shape index (κ1) is 78.7. The highest BCUT2D eigenvalue weighted by molar-refractivity contribution is 5.80. The lowest BCUT2D eigenvalue weighted by molar-refractivity contribution is -0.00353. The van der Waals surface area contributed by atoms with Crippen molar-refractivity contribution in [2.45, 2.75) is 0 Å². The van der Waals surface area contributed by atoms with Crippen molar-refractivity contribution < 1.29 is 56.8 Å². The fourth-order valence-electron chi connectivity index (χ4n) is 12.1. The minimum atomic E-state index is -1.13. The molecule has 0 saturated heterocycles. The molecule has 568 valence electrons. The van der Waals surface area contributed by atoms with Gasteiger partial charge in [-0.15, -0.1) is 0 Å². The highest BCUT2D eigenvalue weighted by Gasteiger charge is 2.36. The summed E-state index contributed by atoms with van der Waals surface area (Å²) < 4.78 is 73.7. The van der Waals surface area contributed by atoms with Crippen molar-refractivity contribution in [1.82, 2.24) is 0 Å². The monoisotopic (exact) mass is 1500 g/mol. The van der Waals surface area contributed by atoms with Crippen LogP contribution in [-0.2, 0) is 0 Å². The zero-order valence-corrected chi connectivity index (χ0v) is 64.9. The van der Waals surface area contributed by atoms with Gasteiger partial charge < -0.3 is 56.8 Å². The highest BCUT2D eigenvalue weighted by atomic mass is 16.5. The maximum atomic E-state index is 7.39. The van der Waals surface area contributed by atoms with Crippen molar-refractivity contribution in [2.24, 2.45) is 5.41 Å². The summed E-state index contributed by atoms with van der Waals surface area (Å²) in [6.45, 7) is 0.128. The molecular weight excluding hydrogens is 1410 g/mol. The Morgan fingerprint density at radius 1 is 0.150 bits per heavy atom. The van der Waals surface area contributed by atoms with Crippen LogP contribution in [0.4, 0.5) is 0 Å². The van der Waals surface area contributed by atoms with Gasteiger partial charge >= 0.3 is 0 Å². The lowest BCUT2D eigenvalue weighted by Gasteiger charge is -2.33. The van der Waals surface area contributed by atoms with Crippen LogP contribution >= 0.6 is 0 Å². The number of rotatable bonds is 36. The molecule has 12 heteroatoms. The van der Waals surface area contributed by atoms with E-state index in [1.807, 2.05) is 194 Å². The second-order valence-corrected chi connectivity index (χ2v) is 26.8. The summed E-state index contributed by atoms with van der Waals surface area (Å²) in [6.07, 6.45) is 33.4. The Hall–Kier alpha value is -13.8. The van der Waals surface area contributed by atoms with Gasteiger partial charge in [0.1, 0.15) is 101 Å². The molecule has 12 aromatic rings. The first-order chi connectivity index (χ1) is 55.4. The van der Waals surface area contributed by atoms with E-state index >= 15 is 0 Å². The fourth-order valence-corrected chi connectivity index (χ4v) is 12.1. The largest absolute Gasteiger partial charge is 0.497 e. The van der Waals surface area contributed by atoms with E-state index in [9.17, 15) is 0 Å². The zero-order valence-electron chi connectivity index (χ0n) is 64.9. The average molecular weight is 1500 g/mol. The maximum absolute atomic E-state index is 7.39. The van der Waals surface area contributed by atoms with E-state index in [1.54, 1.807) is 56.9 Å². The van der Waals surface area contributed by atoms with Gasteiger partial charge in [-0.25, -0.2) is 0 Å². The Labute approximate surface area is 663 Å². The lowest BCUT2D eigenvalue weighted by Crippen LogP contribution is -2.45. The van der Waals surface area contributed by atoms with Gasteiger partial charge in [0.2, 0.25) is 0 Å². The Bertz CT molecular complexity index is 4330. The third kappa shape index (κ3) is 24.1. The molecule has 0 aliphatic heterocycles. The molecular formula is C101H92O12. The molecule has 113 heavy (non-hydrogen) atoms. The molecule has 0 aliphatic carbocycles. The second kappa shape index (κ2) is 40.0. The van der Waals surface area contributed by atoms with Crippen molar-refractivity contribution in [3.05, 3.63) is 356 Å². The number of hydrogen-bond donors (Lipinski definition) is 0. The molecule has 0 unspecified atom stereocenters. The third-order valence-corrected chi connectivity index (χ3v) is 18.7. The van der Waals surface area contributed by atoms with Crippen molar-refractivity contribution >= 4 is 97.2 Å². The smallest absolute Gasteiger partial charge is 0.120 e. The van der Waals surface area contributed by atoms with Gasteiger partial charge in [-0.3, -0.25) is 0 Å². The summed E-state index contributed by atoms with van der Waals surface area (Å²) in [5.41, 5.74) is 14.1. The molecule has 0 saturated carbocycles. The van der Waals surface area contributed by atoms with Gasteiger partial charge in [0.15, 0.2) is 0 Å². The van der Waals surface area contributed by atoms with E-state index in [2.05, 4.69) is 170 Å². The van der Waals surface area contributed by atoms with E-state index in [0.717, 1.165) is 135 Å². The van der Waals surface area contributed by atoms with E-state index in [-0.39, 0.29) is 26.4 Å². The normalized spacial score (nSPS) is 11.8. The van der Waals surface area contributed by atoms with Crippen LogP contribution in [0.3, 0.4) is 0 Å². The molecule has 0 fully saturated rings. The Morgan fingerprint density at radius 2 is 0.265 bits per heavy atom. The van der Waals surface area contributed by atoms with E-state index < -0.39 is 5.41 Å². The molecule has 12 rings (SSSR count). The SMILES string of the molecule is COc1ccc(/C=C/c2cc(/C=C/c3ccc(OC)cc3)cc(OCC(COc3cc(/C=C/c4ccc(OC)cc4)cc(/C=C/c4ccc(OC)cc4)c3)(COc3cc(/C=C/c4ccc(OC)cc4)cc(/C=C/c4ccc(OC)cc4)c3)COc3cc(/C=C/c4ccc(OC)cc4)cc(/C=C/c4ccc(OC)cc4)c3)c2)cc1. The van der Waals surface area contributed by atoms with Crippen molar-refractivity contribution in [1.29, 1.82) is 0 Å². The lowest BCUT2D eigenvalue weighted by atomic mass is 9.91. The van der Waals surface area contributed by atoms with Crippen molar-refractivity contribution in [3.63, 3.8) is 0 Å². The van der Waals surface area contributed by atoms with Gasteiger partial charge in [0.25, 0.3) is 0 Å². The molecule has 12 nitrogen and oxygen atoms in total. The average Bonchev–Trinajstić information content (AvgIpc) is 0.827. The van der Waals surface area contributed by atoms with Gasteiger partial charge in [0, 0.05) is 0 Å². The Balaban J connectivity index is 1.01. The van der Waals surface area contributed by atoms with Crippen LogP contribution in [0.2, 0.25) is 0 Å². The summed E-state index contributed by atoms with van der Waals surface area (Å²) in [6, 6.07) is 88.7. The molecule has 0 spiro atoms. The molecule has 0 amide bonds. The van der Waals surface area contributed by atoms with Crippen LogP contribution in [-0.4, -0.2) is 83.3 Å². The number of ether oxygens (including phenoxy) is 12. The predicted octanol–water partition coefficient (Wildman–Crippen LogP) is 23.7. The molecule has 0 bridgehead atoms. The number of methoxy groups -OCH3 is 8. The van der Waals surface area contributed by atoms with Gasteiger partial charge in [-0.1, -0.05) is 194 Å². The molecule has 12 aromatic carbocycles. The van der Waals surface area contributed by atoms with Gasteiger partial charge in [-0.05, 0) is 259 Å². The standard InChI is InChI=1S/C101H92O12/c1-102-89-41-25-73(26-42-89)9-17-81-57-82(18-10-74-27-43-90(103-2)44-28-74)62-97(61-81)110-69-101(70-111-98-63-83(19-11-75-29-45-91(104-3)46-30-75)58-84(64-98)20-12-76-31-47-92(105-4)48-32-76,71-112-99-65-85(21-13-77-33-49-93(106-5)50-34-77)59-86(66-99)22-14-78-35-51-94(107-6)52-36-78)72-113-100-67-87(23-15-79-37-53-95(108-7)54-38-79)60-88(68-100)24-16-80-39-55-96(109-8)56-40-80/h9-68H,69-72H2,1-8H3/b17-9+,18-10+,19-11+,20-12+,21-13+,22-14+,23-15+,24-16+. The minimum absolute atomic E-state index is 0.0319. The third-order valence-electron chi connectivity index (χ3n) is 18.7. The van der Waals surface area contributed by atoms with Gasteiger partial charge in [0.05, 0.1) is 56.9 Å². The van der Waals surface area contributed by atoms with Crippen LogP contribution in [0.15, 0.2) is 267 Å². The number of benzene rings is 12. The molecule has 0 atom stereocenters. The number of hydrogen-bond acceptors (Lipinski definition) is 12. The van der Waals surface area contributed by atoms with Crippen LogP contribution in [0.25, 0.3) is 97.2 Å². The van der Waals surface area contributed by atoms with E-state index in [4.69, 9.17) is 56.8 Å². The maximum Gasteiger partial charge on any atom is 0.120 e. The van der Waals surface area contributed by atoms with Crippen molar-refractivity contribution in [2.75, 3.05) is 83.3 Å². The predicted molar refractivity (Wildman–Crippen MR) is 466 cm³/mol. The summed E-state index contributed by atoms with van der Waals surface area (Å²) in [7, 11) is 13.3. The summed E-state index contributed by atoms with van der Waals surface area (Å²) in [5.74, 6) is 8.58. The highest BCUT2D eigenvalue weighted by Crippen LogP contribution is 2.34. The summed E-state index contributed by atoms with van der Waals surface area (Å²) in [5, 5.41) is 0. The second-order valence-electron chi connectivity index (χ2n) is 26.8. The zero-order chi connectivity index (χ0) is 78.4. The molecule has 0 aliphatic rings. The van der Waals surface area contributed by atoms with Crippen LogP contribution < -0.4 is 56.8 Å². The fraction of sp³-hybridized carbons (Fsp3) is 0.129. The van der Waals surface area contributed by atoms with Gasteiger partial charge in [-0.2, -0.15) is 0 Å². The molecule has 0 N–H and O–H groups in total. The quantitative estimate of drug-likeness (QED) is 0.0349. The summed E-state index contributed by atoms with van der Waals surface area (Å²) in [4.78, 5) is 0.